The SMILES string of the molecule is COC(=O)[C@H](CO)NC(=O)c1ccc(OC)cc1OC. The first kappa shape index (κ1) is 15.8. The van der Waals surface area contributed by atoms with Crippen LogP contribution < -0.4 is 14.8 Å². The van der Waals surface area contributed by atoms with Gasteiger partial charge in [0, 0.05) is 6.07 Å². The highest BCUT2D eigenvalue weighted by atomic mass is 16.5. The van der Waals surface area contributed by atoms with E-state index in [4.69, 9.17) is 14.6 Å². The Morgan fingerprint density at radius 1 is 1.25 bits per heavy atom. The number of aliphatic hydroxyl groups is 1. The highest BCUT2D eigenvalue weighted by molar-refractivity contribution is 5.99. The lowest BCUT2D eigenvalue weighted by Gasteiger charge is -2.15. The van der Waals surface area contributed by atoms with Crippen LogP contribution in [-0.2, 0) is 9.53 Å². The van der Waals surface area contributed by atoms with Gasteiger partial charge < -0.3 is 24.6 Å². The Hall–Kier alpha value is -2.28. The van der Waals surface area contributed by atoms with Crippen molar-refractivity contribution >= 4 is 11.9 Å². The van der Waals surface area contributed by atoms with E-state index >= 15 is 0 Å². The number of nitrogens with one attached hydrogen (secondary N) is 1. The molecule has 0 fully saturated rings. The van der Waals surface area contributed by atoms with Crippen LogP contribution >= 0.6 is 0 Å². The highest BCUT2D eigenvalue weighted by Crippen LogP contribution is 2.24. The van der Waals surface area contributed by atoms with Crippen LogP contribution in [0.2, 0.25) is 0 Å². The van der Waals surface area contributed by atoms with E-state index in [1.165, 1.54) is 27.4 Å². The Kier molecular flexibility index (Phi) is 5.79. The summed E-state index contributed by atoms with van der Waals surface area (Å²) < 4.78 is 14.6. The van der Waals surface area contributed by atoms with Crippen LogP contribution in [0.25, 0.3) is 0 Å². The van der Waals surface area contributed by atoms with Gasteiger partial charge in [0.25, 0.3) is 5.91 Å². The fourth-order valence-corrected chi connectivity index (χ4v) is 1.54. The van der Waals surface area contributed by atoms with Crippen molar-refractivity contribution < 1.29 is 28.9 Å². The minimum absolute atomic E-state index is 0.218. The molecule has 1 aromatic rings. The maximum atomic E-state index is 12.1. The van der Waals surface area contributed by atoms with Crippen molar-refractivity contribution in [2.24, 2.45) is 0 Å². The summed E-state index contributed by atoms with van der Waals surface area (Å²) in [5.41, 5.74) is 0.218. The number of amides is 1. The minimum atomic E-state index is -1.13. The molecular weight excluding hydrogens is 266 g/mol. The summed E-state index contributed by atoms with van der Waals surface area (Å²) in [4.78, 5) is 23.4. The predicted octanol–water partition coefficient (Wildman–Crippen LogP) is -0.0325. The number of methoxy groups -OCH3 is 3. The molecule has 0 spiro atoms. The predicted molar refractivity (Wildman–Crippen MR) is 69.9 cm³/mol. The second-order valence-corrected chi connectivity index (χ2v) is 3.80. The summed E-state index contributed by atoms with van der Waals surface area (Å²) in [6.45, 7) is -0.559. The van der Waals surface area contributed by atoms with E-state index < -0.39 is 24.5 Å². The molecule has 110 valence electrons. The molecule has 0 aliphatic rings. The lowest BCUT2D eigenvalue weighted by atomic mass is 10.1. The van der Waals surface area contributed by atoms with E-state index in [1.807, 2.05) is 0 Å². The molecular formula is C13H17NO6. The smallest absolute Gasteiger partial charge is 0.330 e. The molecule has 0 saturated heterocycles. The number of carbonyl (C=O) groups is 2. The fraction of sp³-hybridized carbons (Fsp3) is 0.385. The molecule has 0 unspecified atom stereocenters. The number of rotatable bonds is 6. The Morgan fingerprint density at radius 3 is 2.45 bits per heavy atom. The van der Waals surface area contributed by atoms with Gasteiger partial charge in [0.05, 0.1) is 33.5 Å². The number of benzene rings is 1. The average molecular weight is 283 g/mol. The number of hydrogen-bond donors (Lipinski definition) is 2. The normalized spacial score (nSPS) is 11.4. The first-order chi connectivity index (χ1) is 9.57. The van der Waals surface area contributed by atoms with Gasteiger partial charge in [-0.15, -0.1) is 0 Å². The molecule has 0 aromatic heterocycles. The van der Waals surface area contributed by atoms with Crippen LogP contribution in [0.15, 0.2) is 18.2 Å². The summed E-state index contributed by atoms with van der Waals surface area (Å²) in [6, 6.07) is 3.50. The summed E-state index contributed by atoms with van der Waals surface area (Å²) in [5.74, 6) is -0.462. The molecule has 0 aliphatic heterocycles. The molecule has 0 aliphatic carbocycles. The van der Waals surface area contributed by atoms with Crippen molar-refractivity contribution in [2.45, 2.75) is 6.04 Å². The topological polar surface area (TPSA) is 94.1 Å². The van der Waals surface area contributed by atoms with E-state index in [-0.39, 0.29) is 5.56 Å². The van der Waals surface area contributed by atoms with Gasteiger partial charge in [-0.05, 0) is 12.1 Å². The van der Waals surface area contributed by atoms with Crippen molar-refractivity contribution in [1.29, 1.82) is 0 Å². The molecule has 0 radical (unpaired) electrons. The number of aliphatic hydroxyl groups excluding tert-OH is 1. The maximum absolute atomic E-state index is 12.1. The van der Waals surface area contributed by atoms with Gasteiger partial charge in [-0.3, -0.25) is 4.79 Å². The maximum Gasteiger partial charge on any atom is 0.330 e. The zero-order valence-electron chi connectivity index (χ0n) is 11.5. The standard InChI is InChI=1S/C13H17NO6/c1-18-8-4-5-9(11(6-8)19-2)12(16)14-10(7-15)13(17)20-3/h4-6,10,15H,7H2,1-3H3,(H,14,16)/t10-/m0/s1. The summed E-state index contributed by atoms with van der Waals surface area (Å²) in [7, 11) is 4.08. The van der Waals surface area contributed by atoms with Gasteiger partial charge in [-0.1, -0.05) is 0 Å². The summed E-state index contributed by atoms with van der Waals surface area (Å²) in [6.07, 6.45) is 0. The van der Waals surface area contributed by atoms with Crippen LogP contribution in [0.5, 0.6) is 11.5 Å². The molecule has 20 heavy (non-hydrogen) atoms. The molecule has 7 nitrogen and oxygen atoms in total. The van der Waals surface area contributed by atoms with Crippen molar-refractivity contribution in [3.05, 3.63) is 23.8 Å². The number of ether oxygens (including phenoxy) is 3. The van der Waals surface area contributed by atoms with E-state index in [0.717, 1.165) is 0 Å². The number of carbonyl (C=O) groups excluding carboxylic acids is 2. The zero-order valence-corrected chi connectivity index (χ0v) is 11.5. The van der Waals surface area contributed by atoms with Crippen LogP contribution in [0.1, 0.15) is 10.4 Å². The van der Waals surface area contributed by atoms with E-state index in [1.54, 1.807) is 12.1 Å². The highest BCUT2D eigenvalue weighted by Gasteiger charge is 2.23. The van der Waals surface area contributed by atoms with Crippen LogP contribution in [-0.4, -0.2) is 51.0 Å². The van der Waals surface area contributed by atoms with Gasteiger partial charge in [-0.25, -0.2) is 4.79 Å². The van der Waals surface area contributed by atoms with E-state index in [9.17, 15) is 9.59 Å². The van der Waals surface area contributed by atoms with Crippen molar-refractivity contribution in [1.82, 2.24) is 5.32 Å². The third-order valence-electron chi connectivity index (χ3n) is 2.63. The molecule has 1 amide bonds. The van der Waals surface area contributed by atoms with Crippen molar-refractivity contribution in [2.75, 3.05) is 27.9 Å². The Bertz CT molecular complexity index is 488. The minimum Gasteiger partial charge on any atom is -0.497 e. The summed E-state index contributed by atoms with van der Waals surface area (Å²) in [5, 5.41) is 11.4. The van der Waals surface area contributed by atoms with Crippen LogP contribution in [0, 0.1) is 0 Å². The first-order valence-electron chi connectivity index (χ1n) is 5.79. The largest absolute Gasteiger partial charge is 0.497 e. The molecule has 0 heterocycles. The van der Waals surface area contributed by atoms with Gasteiger partial charge in [0.1, 0.15) is 11.5 Å². The average Bonchev–Trinajstić information content (AvgIpc) is 2.50. The second kappa shape index (κ2) is 7.34. The molecule has 7 heteroatoms. The molecule has 0 bridgehead atoms. The quantitative estimate of drug-likeness (QED) is 0.712. The third-order valence-corrected chi connectivity index (χ3v) is 2.63. The molecule has 0 saturated carbocycles. The van der Waals surface area contributed by atoms with Crippen molar-refractivity contribution in [3.8, 4) is 11.5 Å². The van der Waals surface area contributed by atoms with E-state index in [0.29, 0.717) is 11.5 Å². The third kappa shape index (κ3) is 3.61. The van der Waals surface area contributed by atoms with Gasteiger partial charge in [0.2, 0.25) is 0 Å². The number of esters is 1. The lowest BCUT2D eigenvalue weighted by Crippen LogP contribution is -2.44. The summed E-state index contributed by atoms with van der Waals surface area (Å²) >= 11 is 0. The Balaban J connectivity index is 2.94. The lowest BCUT2D eigenvalue weighted by molar-refractivity contribution is -0.143. The molecule has 1 aromatic carbocycles. The Labute approximate surface area is 116 Å². The van der Waals surface area contributed by atoms with Crippen molar-refractivity contribution in [3.63, 3.8) is 0 Å². The van der Waals surface area contributed by atoms with E-state index in [2.05, 4.69) is 10.1 Å². The van der Waals surface area contributed by atoms with Gasteiger partial charge in [0.15, 0.2) is 6.04 Å². The van der Waals surface area contributed by atoms with Crippen LogP contribution in [0.4, 0.5) is 0 Å². The second-order valence-electron chi connectivity index (χ2n) is 3.80. The fourth-order valence-electron chi connectivity index (χ4n) is 1.54. The first-order valence-corrected chi connectivity index (χ1v) is 5.79. The monoisotopic (exact) mass is 283 g/mol. The van der Waals surface area contributed by atoms with Gasteiger partial charge >= 0.3 is 5.97 Å². The number of hydrogen-bond acceptors (Lipinski definition) is 6. The molecule has 1 rings (SSSR count). The zero-order chi connectivity index (χ0) is 15.1. The van der Waals surface area contributed by atoms with Crippen LogP contribution in [0.3, 0.4) is 0 Å². The molecule has 1 atom stereocenters. The van der Waals surface area contributed by atoms with Gasteiger partial charge in [-0.2, -0.15) is 0 Å². The molecule has 2 N–H and O–H groups in total. The Morgan fingerprint density at radius 2 is 1.95 bits per heavy atom.